The van der Waals surface area contributed by atoms with Gasteiger partial charge in [0, 0.05) is 11.1 Å². The topological polar surface area (TPSA) is 52.6 Å². The van der Waals surface area contributed by atoms with Crippen molar-refractivity contribution in [3.63, 3.8) is 0 Å². The molecule has 2 aromatic carbocycles. The van der Waals surface area contributed by atoms with E-state index in [4.69, 9.17) is 9.47 Å². The molecule has 0 spiro atoms. The molecule has 0 fully saturated rings. The van der Waals surface area contributed by atoms with Crippen LogP contribution >= 0.6 is 0 Å². The maximum atomic E-state index is 10.9. The van der Waals surface area contributed by atoms with Crippen molar-refractivity contribution >= 4 is 11.6 Å². The summed E-state index contributed by atoms with van der Waals surface area (Å²) in [6.45, 7) is 3.08. The zero-order valence-electron chi connectivity index (χ0n) is 13.3. The number of Topliss-reactive ketones (excluding diaryl/α,β-unsaturated/α-hetero) is 2. The minimum absolute atomic E-state index is 0.0592. The van der Waals surface area contributed by atoms with Gasteiger partial charge in [-0.1, -0.05) is 12.1 Å². The first-order valence-electron chi connectivity index (χ1n) is 6.78. The van der Waals surface area contributed by atoms with Crippen molar-refractivity contribution in [2.24, 2.45) is 0 Å². The predicted molar refractivity (Wildman–Crippen MR) is 86.0 cm³/mol. The molecule has 116 valence electrons. The van der Waals surface area contributed by atoms with Crippen LogP contribution in [0.1, 0.15) is 34.6 Å². The number of ether oxygens (including phenoxy) is 2. The van der Waals surface area contributed by atoms with Crippen LogP contribution in [0.15, 0.2) is 48.5 Å². The monoisotopic (exact) mass is 300 g/mol. The largest absolute Gasteiger partial charge is 0.497 e. The number of rotatable bonds is 4. The van der Waals surface area contributed by atoms with Gasteiger partial charge >= 0.3 is 0 Å². The summed E-state index contributed by atoms with van der Waals surface area (Å²) in [4.78, 5) is 21.7. The Bertz CT molecular complexity index is 630. The fourth-order valence-electron chi connectivity index (χ4n) is 1.67. The van der Waals surface area contributed by atoms with Gasteiger partial charge < -0.3 is 9.47 Å². The fraction of sp³-hybridized carbons (Fsp3) is 0.222. The lowest BCUT2D eigenvalue weighted by Crippen LogP contribution is -1.92. The number of hydrogen-bond acceptors (Lipinski definition) is 4. The molecule has 0 unspecified atom stereocenters. The lowest BCUT2D eigenvalue weighted by Gasteiger charge is -1.99. The van der Waals surface area contributed by atoms with E-state index in [1.54, 1.807) is 63.6 Å². The van der Waals surface area contributed by atoms with E-state index in [0.29, 0.717) is 11.1 Å². The van der Waals surface area contributed by atoms with E-state index < -0.39 is 0 Å². The Morgan fingerprint density at radius 2 is 1.27 bits per heavy atom. The lowest BCUT2D eigenvalue weighted by atomic mass is 10.1. The normalized spacial score (nSPS) is 9.27. The highest BCUT2D eigenvalue weighted by Crippen LogP contribution is 2.12. The van der Waals surface area contributed by atoms with Crippen molar-refractivity contribution in [2.45, 2.75) is 13.8 Å². The molecule has 0 amide bonds. The highest BCUT2D eigenvalue weighted by atomic mass is 16.5. The second kappa shape index (κ2) is 8.62. The van der Waals surface area contributed by atoms with Crippen LogP contribution in [0.25, 0.3) is 0 Å². The maximum Gasteiger partial charge on any atom is 0.159 e. The summed E-state index contributed by atoms with van der Waals surface area (Å²) in [6, 6.07) is 14.2. The van der Waals surface area contributed by atoms with Crippen LogP contribution in [-0.2, 0) is 0 Å². The average molecular weight is 300 g/mol. The van der Waals surface area contributed by atoms with Crippen LogP contribution < -0.4 is 9.47 Å². The zero-order valence-corrected chi connectivity index (χ0v) is 13.3. The molecule has 0 aliphatic rings. The summed E-state index contributed by atoms with van der Waals surface area (Å²) in [6.07, 6.45) is 0. The molecule has 0 radical (unpaired) electrons. The highest BCUT2D eigenvalue weighted by Gasteiger charge is 1.99. The Balaban J connectivity index is 0.000000220. The molecule has 0 N–H and O–H groups in total. The van der Waals surface area contributed by atoms with Gasteiger partial charge in [-0.25, -0.2) is 0 Å². The van der Waals surface area contributed by atoms with Crippen molar-refractivity contribution in [3.8, 4) is 11.5 Å². The van der Waals surface area contributed by atoms with E-state index in [0.717, 1.165) is 11.5 Å². The molecule has 0 aliphatic carbocycles. The first-order chi connectivity index (χ1) is 10.5. The first-order valence-corrected chi connectivity index (χ1v) is 6.78. The number of methoxy groups -OCH3 is 2. The Kier molecular flexibility index (Phi) is 6.83. The summed E-state index contributed by atoms with van der Waals surface area (Å²) in [5, 5.41) is 0. The lowest BCUT2D eigenvalue weighted by molar-refractivity contribution is 0.100. The zero-order chi connectivity index (χ0) is 16.5. The minimum atomic E-state index is 0.0592. The van der Waals surface area contributed by atoms with Crippen molar-refractivity contribution in [1.29, 1.82) is 0 Å². The van der Waals surface area contributed by atoms with Gasteiger partial charge in [0.1, 0.15) is 11.5 Å². The summed E-state index contributed by atoms with van der Waals surface area (Å²) in [7, 11) is 3.18. The molecule has 0 atom stereocenters. The summed E-state index contributed by atoms with van der Waals surface area (Å²) in [5.74, 6) is 1.63. The third-order valence-corrected chi connectivity index (χ3v) is 2.97. The van der Waals surface area contributed by atoms with Crippen LogP contribution in [0.3, 0.4) is 0 Å². The van der Waals surface area contributed by atoms with Crippen LogP contribution in [0, 0.1) is 0 Å². The molecule has 0 saturated carbocycles. The number of ketones is 2. The van der Waals surface area contributed by atoms with Crippen LogP contribution in [0.5, 0.6) is 11.5 Å². The molecular weight excluding hydrogens is 280 g/mol. The first kappa shape index (κ1) is 17.4. The van der Waals surface area contributed by atoms with Crippen molar-refractivity contribution in [1.82, 2.24) is 0 Å². The standard InChI is InChI=1S/2C9H10O2/c1-7(10)8-3-5-9(11-2)6-4-8;1-7(10)8-4-3-5-9(6-8)11-2/h2*3-6H,1-2H3. The molecule has 0 saturated heterocycles. The van der Waals surface area contributed by atoms with Crippen molar-refractivity contribution < 1.29 is 19.1 Å². The minimum Gasteiger partial charge on any atom is -0.497 e. The molecular formula is C18H20O4. The van der Waals surface area contributed by atoms with Gasteiger partial charge in [-0.15, -0.1) is 0 Å². The summed E-state index contributed by atoms with van der Waals surface area (Å²) in [5.41, 5.74) is 1.40. The van der Waals surface area contributed by atoms with Crippen LogP contribution in [-0.4, -0.2) is 25.8 Å². The molecule has 4 nitrogen and oxygen atoms in total. The summed E-state index contributed by atoms with van der Waals surface area (Å²) < 4.78 is 9.89. The van der Waals surface area contributed by atoms with Gasteiger partial charge in [0.25, 0.3) is 0 Å². The smallest absolute Gasteiger partial charge is 0.159 e. The van der Waals surface area contributed by atoms with Gasteiger partial charge in [-0.2, -0.15) is 0 Å². The van der Waals surface area contributed by atoms with Crippen LogP contribution in [0.4, 0.5) is 0 Å². The van der Waals surface area contributed by atoms with Gasteiger partial charge in [0.05, 0.1) is 14.2 Å². The molecule has 2 rings (SSSR count). The molecule has 0 bridgehead atoms. The quantitative estimate of drug-likeness (QED) is 0.806. The number of carbonyl (C=O) groups excluding carboxylic acids is 2. The number of benzene rings is 2. The molecule has 0 aromatic heterocycles. The van der Waals surface area contributed by atoms with E-state index in [1.807, 2.05) is 6.07 Å². The second-order valence-electron chi connectivity index (χ2n) is 4.57. The van der Waals surface area contributed by atoms with Crippen molar-refractivity contribution in [3.05, 3.63) is 59.7 Å². The Morgan fingerprint density at radius 3 is 1.73 bits per heavy atom. The van der Waals surface area contributed by atoms with E-state index >= 15 is 0 Å². The van der Waals surface area contributed by atoms with E-state index in [-0.39, 0.29) is 11.6 Å². The predicted octanol–water partition coefficient (Wildman–Crippen LogP) is 3.80. The van der Waals surface area contributed by atoms with Gasteiger partial charge in [-0.3, -0.25) is 9.59 Å². The summed E-state index contributed by atoms with van der Waals surface area (Å²) >= 11 is 0. The average Bonchev–Trinajstić information content (AvgIpc) is 2.55. The van der Waals surface area contributed by atoms with Crippen molar-refractivity contribution in [2.75, 3.05) is 14.2 Å². The highest BCUT2D eigenvalue weighted by molar-refractivity contribution is 5.94. The van der Waals surface area contributed by atoms with Gasteiger partial charge in [-0.05, 0) is 50.2 Å². The molecule has 22 heavy (non-hydrogen) atoms. The van der Waals surface area contributed by atoms with E-state index in [2.05, 4.69) is 0 Å². The third-order valence-electron chi connectivity index (χ3n) is 2.97. The van der Waals surface area contributed by atoms with E-state index in [1.165, 1.54) is 6.92 Å². The van der Waals surface area contributed by atoms with E-state index in [9.17, 15) is 9.59 Å². The molecule has 0 heterocycles. The Hall–Kier alpha value is -2.62. The SMILES string of the molecule is COc1ccc(C(C)=O)cc1.COc1cccc(C(C)=O)c1. The molecule has 2 aromatic rings. The Labute approximate surface area is 130 Å². The van der Waals surface area contributed by atoms with Crippen LogP contribution in [0.2, 0.25) is 0 Å². The number of hydrogen-bond donors (Lipinski definition) is 0. The molecule has 4 heteroatoms. The molecule has 0 aliphatic heterocycles. The second-order valence-corrected chi connectivity index (χ2v) is 4.57. The third kappa shape index (κ3) is 5.40. The van der Waals surface area contributed by atoms with Gasteiger partial charge in [0.15, 0.2) is 11.6 Å². The Morgan fingerprint density at radius 1 is 0.727 bits per heavy atom. The number of carbonyl (C=O) groups is 2. The van der Waals surface area contributed by atoms with Gasteiger partial charge in [0.2, 0.25) is 0 Å². The maximum absolute atomic E-state index is 10.9. The fourth-order valence-corrected chi connectivity index (χ4v) is 1.67.